The van der Waals surface area contributed by atoms with Crippen LogP contribution in [-0.4, -0.2) is 74.4 Å². The Morgan fingerprint density at radius 2 is 1.63 bits per heavy atom. The summed E-state index contributed by atoms with van der Waals surface area (Å²) < 4.78 is 11.5. The summed E-state index contributed by atoms with van der Waals surface area (Å²) in [5, 5.41) is 3.03. The average molecular weight is 483 g/mol. The van der Waals surface area contributed by atoms with Gasteiger partial charge in [0, 0.05) is 62.2 Å². The number of ether oxygens (including phenoxy) is 2. The number of rotatable bonds is 9. The number of hydrogen-bond acceptors (Lipinski definition) is 5. The molecular weight excluding hydrogens is 440 g/mol. The lowest BCUT2D eigenvalue weighted by Gasteiger charge is -2.36. The molecule has 1 aliphatic heterocycles. The van der Waals surface area contributed by atoms with Crippen LogP contribution in [0.4, 0.5) is 16.2 Å². The summed E-state index contributed by atoms with van der Waals surface area (Å²) in [5.74, 6) is 1.29. The van der Waals surface area contributed by atoms with Crippen LogP contribution in [0.15, 0.2) is 36.4 Å². The predicted molar refractivity (Wildman–Crippen MR) is 144 cm³/mol. The van der Waals surface area contributed by atoms with Gasteiger partial charge < -0.3 is 24.6 Å². The third-order valence-electron chi connectivity index (χ3n) is 6.77. The fourth-order valence-electron chi connectivity index (χ4n) is 4.53. The largest absolute Gasteiger partial charge is 0.493 e. The van der Waals surface area contributed by atoms with E-state index in [-0.39, 0.29) is 6.03 Å². The number of nitrogens with zero attached hydrogens (tertiary/aromatic N) is 3. The van der Waals surface area contributed by atoms with Crippen LogP contribution in [0.5, 0.6) is 11.5 Å². The van der Waals surface area contributed by atoms with Crippen molar-refractivity contribution in [2.75, 3.05) is 56.7 Å². The third kappa shape index (κ3) is 7.04. The van der Waals surface area contributed by atoms with Crippen LogP contribution in [0.25, 0.3) is 0 Å². The molecule has 2 aromatic carbocycles. The second kappa shape index (κ2) is 12.2. The maximum Gasteiger partial charge on any atom is 0.321 e. The Bertz CT molecular complexity index is 976. The zero-order chi connectivity index (χ0) is 25.5. The minimum absolute atomic E-state index is 0.0911. The molecule has 0 unspecified atom stereocenters. The molecular formula is C28H42N4O3. The molecule has 0 radical (unpaired) electrons. The van der Waals surface area contributed by atoms with Gasteiger partial charge in [-0.25, -0.2) is 4.79 Å². The molecule has 1 fully saturated rings. The monoisotopic (exact) mass is 482 g/mol. The van der Waals surface area contributed by atoms with Crippen molar-refractivity contribution in [2.24, 2.45) is 0 Å². The Hall–Kier alpha value is -2.93. The molecule has 0 aliphatic carbocycles. The average Bonchev–Trinajstić information content (AvgIpc) is 2.83. The van der Waals surface area contributed by atoms with Crippen LogP contribution in [0.2, 0.25) is 0 Å². The number of anilines is 2. The van der Waals surface area contributed by atoms with Crippen molar-refractivity contribution in [3.8, 4) is 11.5 Å². The minimum atomic E-state index is -0.0911. The molecule has 2 amide bonds. The van der Waals surface area contributed by atoms with E-state index in [9.17, 15) is 4.79 Å². The molecule has 0 aromatic heterocycles. The Kier molecular flexibility index (Phi) is 9.26. The van der Waals surface area contributed by atoms with Crippen LogP contribution in [-0.2, 0) is 0 Å². The summed E-state index contributed by atoms with van der Waals surface area (Å²) in [6.07, 6.45) is 0. The second-order valence-corrected chi connectivity index (χ2v) is 9.81. The summed E-state index contributed by atoms with van der Waals surface area (Å²) in [6, 6.07) is 12.9. The first kappa shape index (κ1) is 26.7. The standard InChI is InChI=1S/C28H42N4O3/c1-20(2)32(21(3)4)16-17-35-27-19-24(9-11-26(27)34-7)29-28(33)31-14-12-30(13-15-31)25-10-8-22(5)23(6)18-25/h8-11,18-21H,12-17H2,1-7H3,(H,29,33). The molecule has 3 rings (SSSR count). The van der Waals surface area contributed by atoms with Gasteiger partial charge in [0.15, 0.2) is 11.5 Å². The van der Waals surface area contributed by atoms with Gasteiger partial charge in [-0.3, -0.25) is 4.90 Å². The Morgan fingerprint density at radius 3 is 2.23 bits per heavy atom. The topological polar surface area (TPSA) is 57.3 Å². The van der Waals surface area contributed by atoms with E-state index in [0.717, 1.165) is 19.6 Å². The van der Waals surface area contributed by atoms with Crippen molar-refractivity contribution in [2.45, 2.75) is 53.6 Å². The third-order valence-corrected chi connectivity index (χ3v) is 6.77. The number of aryl methyl sites for hydroxylation is 2. The normalized spacial score (nSPS) is 14.1. The van der Waals surface area contributed by atoms with Crippen molar-refractivity contribution in [3.05, 3.63) is 47.5 Å². The van der Waals surface area contributed by atoms with Crippen molar-refractivity contribution < 1.29 is 14.3 Å². The summed E-state index contributed by atoms with van der Waals surface area (Å²) in [5.41, 5.74) is 4.51. The number of piperazine rings is 1. The fraction of sp³-hybridized carbons (Fsp3) is 0.536. The molecule has 7 nitrogen and oxygen atoms in total. The SMILES string of the molecule is COc1ccc(NC(=O)N2CCN(c3ccc(C)c(C)c3)CC2)cc1OCCN(C(C)C)C(C)C. The quantitative estimate of drug-likeness (QED) is 0.535. The number of hydrogen-bond donors (Lipinski definition) is 1. The van der Waals surface area contributed by atoms with Crippen LogP contribution in [0, 0.1) is 13.8 Å². The number of carbonyl (C=O) groups excluding carboxylic acids is 1. The maximum atomic E-state index is 12.9. The van der Waals surface area contributed by atoms with E-state index in [2.05, 4.69) is 74.9 Å². The lowest BCUT2D eigenvalue weighted by Crippen LogP contribution is -2.50. The number of nitrogens with one attached hydrogen (secondary N) is 1. The number of benzene rings is 2. The van der Waals surface area contributed by atoms with E-state index in [4.69, 9.17) is 9.47 Å². The summed E-state index contributed by atoms with van der Waals surface area (Å²) in [7, 11) is 1.63. The first-order valence-corrected chi connectivity index (χ1v) is 12.6. The number of carbonyl (C=O) groups is 1. The Balaban J connectivity index is 1.56. The van der Waals surface area contributed by atoms with E-state index in [1.807, 2.05) is 23.1 Å². The van der Waals surface area contributed by atoms with E-state index >= 15 is 0 Å². The van der Waals surface area contributed by atoms with E-state index in [1.54, 1.807) is 7.11 Å². The predicted octanol–water partition coefficient (Wildman–Crippen LogP) is 5.16. The molecule has 0 bridgehead atoms. The van der Waals surface area contributed by atoms with E-state index in [1.165, 1.54) is 16.8 Å². The molecule has 1 saturated heterocycles. The van der Waals surface area contributed by atoms with Gasteiger partial charge in [0.2, 0.25) is 0 Å². The smallest absolute Gasteiger partial charge is 0.321 e. The van der Waals surface area contributed by atoms with Gasteiger partial charge in [0.1, 0.15) is 6.61 Å². The molecule has 0 spiro atoms. The highest BCUT2D eigenvalue weighted by molar-refractivity contribution is 5.90. The van der Waals surface area contributed by atoms with E-state index < -0.39 is 0 Å². The molecule has 0 atom stereocenters. The van der Waals surface area contributed by atoms with E-state index in [0.29, 0.717) is 49.0 Å². The van der Waals surface area contributed by atoms with Gasteiger partial charge >= 0.3 is 6.03 Å². The van der Waals surface area contributed by atoms with Crippen LogP contribution < -0.4 is 19.7 Å². The molecule has 1 N–H and O–H groups in total. The lowest BCUT2D eigenvalue weighted by atomic mass is 10.1. The zero-order valence-corrected chi connectivity index (χ0v) is 22.4. The summed E-state index contributed by atoms with van der Waals surface area (Å²) >= 11 is 0. The summed E-state index contributed by atoms with van der Waals surface area (Å²) in [6.45, 7) is 17.4. The number of urea groups is 1. The van der Waals surface area contributed by atoms with Gasteiger partial charge in [0.25, 0.3) is 0 Å². The molecule has 7 heteroatoms. The van der Waals surface area contributed by atoms with Crippen molar-refractivity contribution in [1.29, 1.82) is 0 Å². The van der Waals surface area contributed by atoms with Crippen LogP contribution in [0.3, 0.4) is 0 Å². The van der Waals surface area contributed by atoms with Gasteiger partial charge in [-0.15, -0.1) is 0 Å². The van der Waals surface area contributed by atoms with Gasteiger partial charge in [-0.05, 0) is 76.9 Å². The van der Waals surface area contributed by atoms with Gasteiger partial charge in [-0.2, -0.15) is 0 Å². The number of methoxy groups -OCH3 is 1. The molecule has 1 heterocycles. The van der Waals surface area contributed by atoms with Gasteiger partial charge in [-0.1, -0.05) is 6.07 Å². The minimum Gasteiger partial charge on any atom is -0.493 e. The molecule has 35 heavy (non-hydrogen) atoms. The first-order chi connectivity index (χ1) is 16.7. The van der Waals surface area contributed by atoms with Crippen LogP contribution in [0.1, 0.15) is 38.8 Å². The first-order valence-electron chi connectivity index (χ1n) is 12.6. The maximum absolute atomic E-state index is 12.9. The second-order valence-electron chi connectivity index (χ2n) is 9.81. The number of amides is 2. The van der Waals surface area contributed by atoms with Crippen molar-refractivity contribution in [1.82, 2.24) is 9.80 Å². The van der Waals surface area contributed by atoms with Crippen molar-refractivity contribution >= 4 is 17.4 Å². The highest BCUT2D eigenvalue weighted by Gasteiger charge is 2.22. The van der Waals surface area contributed by atoms with Gasteiger partial charge in [0.05, 0.1) is 7.11 Å². The Labute approximate surface area is 211 Å². The lowest BCUT2D eigenvalue weighted by molar-refractivity contribution is 0.140. The molecule has 0 saturated carbocycles. The van der Waals surface area contributed by atoms with Crippen molar-refractivity contribution in [3.63, 3.8) is 0 Å². The highest BCUT2D eigenvalue weighted by atomic mass is 16.5. The molecule has 1 aliphatic rings. The zero-order valence-electron chi connectivity index (χ0n) is 22.4. The summed E-state index contributed by atoms with van der Waals surface area (Å²) in [4.78, 5) is 19.5. The highest BCUT2D eigenvalue weighted by Crippen LogP contribution is 2.30. The fourth-order valence-corrected chi connectivity index (χ4v) is 4.53. The molecule has 192 valence electrons. The molecule has 2 aromatic rings. The van der Waals surface area contributed by atoms with Crippen LogP contribution >= 0.6 is 0 Å². The Morgan fingerprint density at radius 1 is 0.943 bits per heavy atom.